The summed E-state index contributed by atoms with van der Waals surface area (Å²) in [5.74, 6) is 0.647. The number of fused-ring (bicyclic) bond motifs is 2. The number of benzene rings is 2. The second-order valence-corrected chi connectivity index (χ2v) is 6.44. The third kappa shape index (κ3) is 3.08. The molecule has 132 valence electrons. The lowest BCUT2D eigenvalue weighted by molar-refractivity contribution is 0.0963. The Labute approximate surface area is 152 Å². The lowest BCUT2D eigenvalue weighted by atomic mass is 9.89. The Hall–Kier alpha value is -3.08. The summed E-state index contributed by atoms with van der Waals surface area (Å²) in [6.45, 7) is 0. The Bertz CT molecular complexity index is 951. The van der Waals surface area contributed by atoms with Gasteiger partial charge in [-0.15, -0.1) is 0 Å². The number of nitrogens with one attached hydrogen (secondary N) is 2. The molecule has 26 heavy (non-hydrogen) atoms. The molecular formula is C21H21N3O2. The number of pyridine rings is 1. The van der Waals surface area contributed by atoms with E-state index in [0.717, 1.165) is 64.8 Å². The van der Waals surface area contributed by atoms with Crippen LogP contribution >= 0.6 is 0 Å². The van der Waals surface area contributed by atoms with Gasteiger partial charge in [-0.2, -0.15) is 0 Å². The highest BCUT2D eigenvalue weighted by atomic mass is 16.5. The number of aromatic nitrogens is 1. The molecule has 5 nitrogen and oxygen atoms in total. The lowest BCUT2D eigenvalue weighted by Crippen LogP contribution is -2.31. The van der Waals surface area contributed by atoms with Crippen LogP contribution < -0.4 is 15.6 Å². The highest BCUT2D eigenvalue weighted by Crippen LogP contribution is 2.29. The summed E-state index contributed by atoms with van der Waals surface area (Å²) in [6, 6.07) is 15.3. The van der Waals surface area contributed by atoms with E-state index in [0.29, 0.717) is 0 Å². The predicted octanol–water partition coefficient (Wildman–Crippen LogP) is 3.88. The van der Waals surface area contributed by atoms with Crippen molar-refractivity contribution < 1.29 is 9.53 Å². The van der Waals surface area contributed by atoms with Gasteiger partial charge in [-0.05, 0) is 61.6 Å². The van der Waals surface area contributed by atoms with Crippen LogP contribution in [-0.2, 0) is 12.8 Å². The van der Waals surface area contributed by atoms with Gasteiger partial charge in [0.05, 0.1) is 23.9 Å². The van der Waals surface area contributed by atoms with Crippen molar-refractivity contribution >= 4 is 22.5 Å². The highest BCUT2D eigenvalue weighted by Gasteiger charge is 2.22. The molecule has 0 radical (unpaired) electrons. The number of carbonyl (C=O) groups is 1. The van der Waals surface area contributed by atoms with Crippen molar-refractivity contribution in [1.82, 2.24) is 10.4 Å². The second-order valence-electron chi connectivity index (χ2n) is 6.44. The van der Waals surface area contributed by atoms with Gasteiger partial charge in [-0.1, -0.05) is 18.2 Å². The first-order valence-corrected chi connectivity index (χ1v) is 8.87. The fourth-order valence-electron chi connectivity index (χ4n) is 3.50. The van der Waals surface area contributed by atoms with Crippen LogP contribution in [0.3, 0.4) is 0 Å². The van der Waals surface area contributed by atoms with Crippen LogP contribution in [0.5, 0.6) is 5.75 Å². The third-order valence-corrected chi connectivity index (χ3v) is 4.81. The second kappa shape index (κ2) is 7.04. The van der Waals surface area contributed by atoms with Crippen molar-refractivity contribution in [1.29, 1.82) is 0 Å². The monoisotopic (exact) mass is 347 g/mol. The molecule has 1 aliphatic rings. The van der Waals surface area contributed by atoms with Crippen LogP contribution in [0, 0.1) is 0 Å². The van der Waals surface area contributed by atoms with Gasteiger partial charge in [0.25, 0.3) is 5.91 Å². The number of hydrogen-bond donors (Lipinski definition) is 2. The molecule has 0 unspecified atom stereocenters. The van der Waals surface area contributed by atoms with E-state index in [9.17, 15) is 4.79 Å². The zero-order chi connectivity index (χ0) is 17.9. The standard InChI is InChI=1S/C21H21N3O2/c1-26-15-12-10-14(11-13-15)23-24-21(25)20-16-6-2-4-8-18(16)22-19-9-5-3-7-17(19)20/h2,4,6,8,10-13,23H,3,5,7,9H2,1H3,(H,24,25). The van der Waals surface area contributed by atoms with Crippen molar-refractivity contribution in [2.45, 2.75) is 25.7 Å². The maximum absolute atomic E-state index is 13.0. The fourth-order valence-corrected chi connectivity index (χ4v) is 3.50. The first-order valence-electron chi connectivity index (χ1n) is 8.87. The minimum atomic E-state index is -0.127. The van der Waals surface area contributed by atoms with Gasteiger partial charge in [-0.3, -0.25) is 20.6 Å². The molecule has 0 saturated carbocycles. The highest BCUT2D eigenvalue weighted by molar-refractivity contribution is 6.08. The summed E-state index contributed by atoms with van der Waals surface area (Å²) < 4.78 is 5.15. The maximum atomic E-state index is 13.0. The van der Waals surface area contributed by atoms with Gasteiger partial charge in [0, 0.05) is 11.1 Å². The van der Waals surface area contributed by atoms with E-state index in [-0.39, 0.29) is 5.91 Å². The van der Waals surface area contributed by atoms with Crippen LogP contribution in [0.15, 0.2) is 48.5 Å². The molecule has 1 amide bonds. The van der Waals surface area contributed by atoms with Gasteiger partial charge in [0.2, 0.25) is 0 Å². The Morgan fingerprint density at radius 2 is 1.81 bits per heavy atom. The summed E-state index contributed by atoms with van der Waals surface area (Å²) >= 11 is 0. The average Bonchev–Trinajstić information content (AvgIpc) is 2.70. The topological polar surface area (TPSA) is 63.2 Å². The summed E-state index contributed by atoms with van der Waals surface area (Å²) in [5, 5.41) is 0.905. The zero-order valence-corrected chi connectivity index (χ0v) is 14.7. The number of hydrogen-bond acceptors (Lipinski definition) is 4. The molecule has 0 spiro atoms. The third-order valence-electron chi connectivity index (χ3n) is 4.81. The maximum Gasteiger partial charge on any atom is 0.270 e. The van der Waals surface area contributed by atoms with Crippen LogP contribution in [-0.4, -0.2) is 18.0 Å². The van der Waals surface area contributed by atoms with Gasteiger partial charge >= 0.3 is 0 Å². The predicted molar refractivity (Wildman–Crippen MR) is 102 cm³/mol. The van der Waals surface area contributed by atoms with Crippen molar-refractivity contribution in [2.24, 2.45) is 0 Å². The number of hydrazine groups is 1. The summed E-state index contributed by atoms with van der Waals surface area (Å²) in [6.07, 6.45) is 4.06. The molecule has 3 aromatic rings. The zero-order valence-electron chi connectivity index (χ0n) is 14.7. The van der Waals surface area contributed by atoms with Crippen molar-refractivity contribution in [3.05, 3.63) is 65.4 Å². The molecule has 1 aliphatic carbocycles. The SMILES string of the molecule is COc1ccc(NNC(=O)c2c3c(nc4ccccc24)CCCC3)cc1. The van der Waals surface area contributed by atoms with E-state index in [1.54, 1.807) is 7.11 Å². The molecule has 2 N–H and O–H groups in total. The Morgan fingerprint density at radius 3 is 2.62 bits per heavy atom. The van der Waals surface area contributed by atoms with Gasteiger partial charge in [-0.25, -0.2) is 0 Å². The molecule has 0 bridgehead atoms. The number of aryl methyl sites for hydroxylation is 1. The van der Waals surface area contributed by atoms with E-state index in [1.807, 2.05) is 48.5 Å². The van der Waals surface area contributed by atoms with Crippen molar-refractivity contribution in [2.75, 3.05) is 12.5 Å². The molecule has 0 fully saturated rings. The Balaban J connectivity index is 1.65. The average molecular weight is 347 g/mol. The van der Waals surface area contributed by atoms with Gasteiger partial charge < -0.3 is 4.74 Å². The number of methoxy groups -OCH3 is 1. The molecule has 2 aromatic carbocycles. The number of para-hydroxylation sites is 1. The van der Waals surface area contributed by atoms with Crippen LogP contribution in [0.2, 0.25) is 0 Å². The summed E-state index contributed by atoms with van der Waals surface area (Å²) in [5.41, 5.74) is 10.4. The van der Waals surface area contributed by atoms with Gasteiger partial charge in [0.1, 0.15) is 5.75 Å². The van der Waals surface area contributed by atoms with Crippen molar-refractivity contribution in [3.63, 3.8) is 0 Å². The fraction of sp³-hybridized carbons (Fsp3) is 0.238. The molecule has 1 heterocycles. The van der Waals surface area contributed by atoms with E-state index in [2.05, 4.69) is 10.9 Å². The van der Waals surface area contributed by atoms with Crippen molar-refractivity contribution in [3.8, 4) is 5.75 Å². The largest absolute Gasteiger partial charge is 0.497 e. The quantitative estimate of drug-likeness (QED) is 0.703. The number of carbonyl (C=O) groups excluding carboxylic acids is 1. The van der Waals surface area contributed by atoms with Crippen LogP contribution in [0.1, 0.15) is 34.5 Å². The number of anilines is 1. The normalized spacial score (nSPS) is 13.1. The first-order chi connectivity index (χ1) is 12.8. The molecular weight excluding hydrogens is 326 g/mol. The first kappa shape index (κ1) is 16.4. The van der Waals surface area contributed by atoms with E-state index in [4.69, 9.17) is 9.72 Å². The Kier molecular flexibility index (Phi) is 4.44. The number of amides is 1. The Morgan fingerprint density at radius 1 is 1.04 bits per heavy atom. The molecule has 0 aliphatic heterocycles. The van der Waals surface area contributed by atoms with E-state index < -0.39 is 0 Å². The number of rotatable bonds is 4. The molecule has 4 rings (SSSR count). The summed E-state index contributed by atoms with van der Waals surface area (Å²) in [7, 11) is 1.63. The van der Waals surface area contributed by atoms with Crippen LogP contribution in [0.4, 0.5) is 5.69 Å². The van der Waals surface area contributed by atoms with E-state index >= 15 is 0 Å². The van der Waals surface area contributed by atoms with Gasteiger partial charge in [0.15, 0.2) is 0 Å². The van der Waals surface area contributed by atoms with Crippen LogP contribution in [0.25, 0.3) is 10.9 Å². The summed E-state index contributed by atoms with van der Waals surface area (Å²) in [4.78, 5) is 17.8. The minimum absolute atomic E-state index is 0.127. The molecule has 5 heteroatoms. The molecule has 1 aromatic heterocycles. The molecule has 0 saturated heterocycles. The number of nitrogens with zero attached hydrogens (tertiary/aromatic N) is 1. The van der Waals surface area contributed by atoms with E-state index in [1.165, 1.54) is 0 Å². The smallest absolute Gasteiger partial charge is 0.270 e. The minimum Gasteiger partial charge on any atom is -0.497 e. The molecule has 0 atom stereocenters. The number of ether oxygens (including phenoxy) is 1. The lowest BCUT2D eigenvalue weighted by Gasteiger charge is -2.20.